The second-order valence-electron chi connectivity index (χ2n) is 3.42. The van der Waals surface area contributed by atoms with Crippen molar-refractivity contribution in [2.75, 3.05) is 19.6 Å². The SMILES string of the molecule is CCC(C)N(CC)C(=O)CNC(=O)CN. The van der Waals surface area contributed by atoms with Gasteiger partial charge in [-0.2, -0.15) is 0 Å². The first-order chi connectivity index (χ1) is 7.06. The molecule has 5 heteroatoms. The van der Waals surface area contributed by atoms with Crippen LogP contribution in [0.15, 0.2) is 0 Å². The molecule has 88 valence electrons. The van der Waals surface area contributed by atoms with Gasteiger partial charge in [0.25, 0.3) is 0 Å². The van der Waals surface area contributed by atoms with Crippen LogP contribution in [0.2, 0.25) is 0 Å². The van der Waals surface area contributed by atoms with Gasteiger partial charge in [0.1, 0.15) is 0 Å². The quantitative estimate of drug-likeness (QED) is 0.639. The van der Waals surface area contributed by atoms with Gasteiger partial charge in [-0.05, 0) is 20.3 Å². The van der Waals surface area contributed by atoms with Crippen molar-refractivity contribution >= 4 is 11.8 Å². The summed E-state index contributed by atoms with van der Waals surface area (Å²) in [7, 11) is 0. The molecule has 0 heterocycles. The van der Waals surface area contributed by atoms with Crippen LogP contribution in [0.5, 0.6) is 0 Å². The van der Waals surface area contributed by atoms with Crippen molar-refractivity contribution in [3.05, 3.63) is 0 Å². The molecule has 0 aromatic rings. The zero-order chi connectivity index (χ0) is 11.8. The number of nitrogens with two attached hydrogens (primary N) is 1. The third kappa shape index (κ3) is 4.78. The van der Waals surface area contributed by atoms with Crippen LogP contribution < -0.4 is 11.1 Å². The lowest BCUT2D eigenvalue weighted by Gasteiger charge is -2.27. The van der Waals surface area contributed by atoms with Gasteiger partial charge in [-0.1, -0.05) is 6.92 Å². The fraction of sp³-hybridized carbons (Fsp3) is 0.800. The first kappa shape index (κ1) is 13.9. The predicted octanol–water partition coefficient (Wildman–Crippen LogP) is -0.292. The third-order valence-corrected chi connectivity index (χ3v) is 2.41. The molecule has 0 fully saturated rings. The summed E-state index contributed by atoms with van der Waals surface area (Å²) in [4.78, 5) is 24.3. The summed E-state index contributed by atoms with van der Waals surface area (Å²) in [5.74, 6) is -0.364. The first-order valence-corrected chi connectivity index (χ1v) is 5.33. The molecule has 0 aromatic carbocycles. The van der Waals surface area contributed by atoms with E-state index in [1.807, 2.05) is 20.8 Å². The number of nitrogens with zero attached hydrogens (tertiary/aromatic N) is 1. The second kappa shape index (κ2) is 7.23. The number of nitrogens with one attached hydrogen (secondary N) is 1. The average Bonchev–Trinajstić information content (AvgIpc) is 2.26. The molecule has 1 unspecified atom stereocenters. The normalized spacial score (nSPS) is 12.0. The maximum atomic E-state index is 11.7. The molecule has 0 aliphatic heterocycles. The predicted molar refractivity (Wildman–Crippen MR) is 59.2 cm³/mol. The van der Waals surface area contributed by atoms with E-state index in [9.17, 15) is 9.59 Å². The van der Waals surface area contributed by atoms with Crippen LogP contribution in [0.4, 0.5) is 0 Å². The molecule has 0 saturated carbocycles. The molecule has 0 bridgehead atoms. The van der Waals surface area contributed by atoms with Gasteiger partial charge in [0.15, 0.2) is 0 Å². The van der Waals surface area contributed by atoms with Crippen LogP contribution in [-0.4, -0.2) is 42.4 Å². The summed E-state index contributed by atoms with van der Waals surface area (Å²) < 4.78 is 0. The van der Waals surface area contributed by atoms with E-state index in [2.05, 4.69) is 5.32 Å². The molecule has 3 N–H and O–H groups in total. The number of rotatable bonds is 6. The van der Waals surface area contributed by atoms with Crippen molar-refractivity contribution < 1.29 is 9.59 Å². The van der Waals surface area contributed by atoms with Gasteiger partial charge in [0.2, 0.25) is 11.8 Å². The van der Waals surface area contributed by atoms with E-state index in [-0.39, 0.29) is 30.9 Å². The molecular weight excluding hydrogens is 194 g/mol. The fourth-order valence-electron chi connectivity index (χ4n) is 1.30. The van der Waals surface area contributed by atoms with E-state index in [1.54, 1.807) is 4.90 Å². The number of carbonyl (C=O) groups is 2. The van der Waals surface area contributed by atoms with E-state index in [0.29, 0.717) is 6.54 Å². The molecule has 5 nitrogen and oxygen atoms in total. The van der Waals surface area contributed by atoms with Crippen LogP contribution in [0, 0.1) is 0 Å². The number of amides is 2. The molecule has 0 aliphatic rings. The average molecular weight is 215 g/mol. The lowest BCUT2D eigenvalue weighted by molar-refractivity contribution is -0.134. The van der Waals surface area contributed by atoms with E-state index in [4.69, 9.17) is 5.73 Å². The Morgan fingerprint density at radius 2 is 2.00 bits per heavy atom. The molecule has 15 heavy (non-hydrogen) atoms. The van der Waals surface area contributed by atoms with Gasteiger partial charge in [0, 0.05) is 12.6 Å². The molecule has 0 spiro atoms. The van der Waals surface area contributed by atoms with E-state index in [0.717, 1.165) is 6.42 Å². The van der Waals surface area contributed by atoms with E-state index >= 15 is 0 Å². The van der Waals surface area contributed by atoms with E-state index in [1.165, 1.54) is 0 Å². The molecular formula is C10H21N3O2. The Morgan fingerprint density at radius 3 is 2.40 bits per heavy atom. The summed E-state index contributed by atoms with van der Waals surface area (Å²) in [5, 5.41) is 2.47. The Labute approximate surface area is 91.0 Å². The Hall–Kier alpha value is -1.10. The van der Waals surface area contributed by atoms with Gasteiger partial charge in [-0.15, -0.1) is 0 Å². The zero-order valence-electron chi connectivity index (χ0n) is 9.75. The van der Waals surface area contributed by atoms with Crippen LogP contribution >= 0.6 is 0 Å². The molecule has 1 atom stereocenters. The first-order valence-electron chi connectivity index (χ1n) is 5.33. The molecule has 2 amide bonds. The van der Waals surface area contributed by atoms with Crippen LogP contribution in [0.1, 0.15) is 27.2 Å². The van der Waals surface area contributed by atoms with Crippen molar-refractivity contribution in [2.45, 2.75) is 33.2 Å². The minimum absolute atomic E-state index is 0.0359. The highest BCUT2D eigenvalue weighted by Crippen LogP contribution is 2.02. The van der Waals surface area contributed by atoms with Crippen molar-refractivity contribution in [3.8, 4) is 0 Å². The highest BCUT2D eigenvalue weighted by molar-refractivity contribution is 5.85. The molecule has 0 aliphatic carbocycles. The number of hydrogen-bond acceptors (Lipinski definition) is 3. The fourth-order valence-corrected chi connectivity index (χ4v) is 1.30. The van der Waals surface area contributed by atoms with Crippen LogP contribution in [-0.2, 0) is 9.59 Å². The van der Waals surface area contributed by atoms with Crippen LogP contribution in [0.3, 0.4) is 0 Å². The summed E-state index contributed by atoms with van der Waals surface area (Å²) in [6.07, 6.45) is 0.907. The molecule has 0 saturated heterocycles. The minimum atomic E-state index is -0.302. The smallest absolute Gasteiger partial charge is 0.242 e. The van der Waals surface area contributed by atoms with Gasteiger partial charge in [-0.3, -0.25) is 9.59 Å². The summed E-state index contributed by atoms with van der Waals surface area (Å²) in [6.45, 7) is 6.56. The van der Waals surface area contributed by atoms with Crippen molar-refractivity contribution in [1.29, 1.82) is 0 Å². The standard InChI is InChI=1S/C10H21N3O2/c1-4-8(3)13(5-2)10(15)7-12-9(14)6-11/h8H,4-7,11H2,1-3H3,(H,12,14). The molecule has 0 radical (unpaired) electrons. The van der Waals surface area contributed by atoms with Gasteiger partial charge in [-0.25, -0.2) is 0 Å². The Bertz CT molecular complexity index is 219. The molecule has 0 rings (SSSR count). The van der Waals surface area contributed by atoms with Gasteiger partial charge in [0.05, 0.1) is 13.1 Å². The van der Waals surface area contributed by atoms with Gasteiger partial charge < -0.3 is 16.0 Å². The summed E-state index contributed by atoms with van der Waals surface area (Å²) in [6, 6.07) is 0.206. The van der Waals surface area contributed by atoms with Crippen molar-refractivity contribution in [3.63, 3.8) is 0 Å². The zero-order valence-corrected chi connectivity index (χ0v) is 9.75. The van der Waals surface area contributed by atoms with Crippen LogP contribution in [0.25, 0.3) is 0 Å². The topological polar surface area (TPSA) is 75.4 Å². The Kier molecular flexibility index (Phi) is 6.70. The minimum Gasteiger partial charge on any atom is -0.346 e. The maximum Gasteiger partial charge on any atom is 0.242 e. The number of likely N-dealkylation sites (N-methyl/N-ethyl adjacent to an activating group) is 1. The highest BCUT2D eigenvalue weighted by atomic mass is 16.2. The van der Waals surface area contributed by atoms with Crippen molar-refractivity contribution in [1.82, 2.24) is 10.2 Å². The number of carbonyl (C=O) groups excluding carboxylic acids is 2. The second-order valence-corrected chi connectivity index (χ2v) is 3.42. The largest absolute Gasteiger partial charge is 0.346 e. The van der Waals surface area contributed by atoms with E-state index < -0.39 is 0 Å². The lowest BCUT2D eigenvalue weighted by Crippen LogP contribution is -2.45. The Balaban J connectivity index is 4.10. The monoisotopic (exact) mass is 215 g/mol. The maximum absolute atomic E-state index is 11.7. The Morgan fingerprint density at radius 1 is 1.40 bits per heavy atom. The molecule has 0 aromatic heterocycles. The summed E-state index contributed by atoms with van der Waals surface area (Å²) in [5.41, 5.74) is 5.12. The third-order valence-electron chi connectivity index (χ3n) is 2.41. The van der Waals surface area contributed by atoms with Crippen molar-refractivity contribution in [2.24, 2.45) is 5.73 Å². The lowest BCUT2D eigenvalue weighted by atomic mass is 10.2. The number of hydrogen-bond donors (Lipinski definition) is 2. The summed E-state index contributed by atoms with van der Waals surface area (Å²) >= 11 is 0. The highest BCUT2D eigenvalue weighted by Gasteiger charge is 2.16. The van der Waals surface area contributed by atoms with Gasteiger partial charge >= 0.3 is 0 Å².